The van der Waals surface area contributed by atoms with Crippen molar-refractivity contribution < 1.29 is 0 Å². The molecule has 0 radical (unpaired) electrons. The first-order valence-corrected chi connectivity index (χ1v) is 21.4. The standard InChI is InChI=1S/C35H24N4.2C7H9N.C7H10.CH4/c36-28-14-6-3-12-24(28)35-37-29-15-7-4-11-22(29)26-19-27-23-18-17-20-9-1-2-10-21(20)33(23)39-30-16-8-5-13-25(30)31(34(27)39)32(26)38-35;1-6-4-2-3-5-7(6)8;8-6-7-4-2-1-3-5-7;1-7-5-3-2-4-6-7;/h1-19,35,37-38H,36H2;2-5H,8H2,1H3;1-5H,6,8H2;2-5,7H,6H2,1H3;1H4. The van der Waals surface area contributed by atoms with Gasteiger partial charge in [-0.15, -0.1) is 0 Å². The van der Waals surface area contributed by atoms with Crippen molar-refractivity contribution in [3.8, 4) is 11.1 Å². The van der Waals surface area contributed by atoms with Crippen LogP contribution in [0, 0.1) is 12.8 Å². The van der Waals surface area contributed by atoms with Crippen LogP contribution < -0.4 is 27.8 Å². The van der Waals surface area contributed by atoms with Gasteiger partial charge in [0.25, 0.3) is 0 Å². The van der Waals surface area contributed by atoms with Crippen molar-refractivity contribution in [1.29, 1.82) is 0 Å². The molecule has 10 aromatic rings. The van der Waals surface area contributed by atoms with Gasteiger partial charge >= 0.3 is 0 Å². The Balaban J connectivity index is 0.000000185. The maximum absolute atomic E-state index is 6.51. The van der Waals surface area contributed by atoms with E-state index in [4.69, 9.17) is 17.2 Å². The highest BCUT2D eigenvalue weighted by Crippen LogP contribution is 2.51. The molecule has 0 fully saturated rings. The Morgan fingerprint density at radius 2 is 1.29 bits per heavy atom. The van der Waals surface area contributed by atoms with Crippen LogP contribution in [0.15, 0.2) is 194 Å². The van der Waals surface area contributed by atoms with Gasteiger partial charge in [-0.1, -0.05) is 178 Å². The Hall–Kier alpha value is -7.54. The predicted octanol–water partition coefficient (Wildman–Crippen LogP) is 14.3. The number of fused-ring (bicyclic) bond motifs is 12. The van der Waals surface area contributed by atoms with Gasteiger partial charge in [0.1, 0.15) is 6.17 Å². The van der Waals surface area contributed by atoms with E-state index in [2.05, 4.69) is 143 Å². The third kappa shape index (κ3) is 8.29. The monoisotopic (exact) mass is 824 g/mol. The fraction of sp³-hybridized carbons (Fsp3) is 0.123. The number of hydrogen-bond acceptors (Lipinski definition) is 5. The molecule has 0 spiro atoms. The molecule has 2 aliphatic rings. The van der Waals surface area contributed by atoms with Gasteiger partial charge in [-0.05, 0) is 66.1 Å². The van der Waals surface area contributed by atoms with E-state index in [1.54, 1.807) is 0 Å². The molecule has 2 aromatic heterocycles. The summed E-state index contributed by atoms with van der Waals surface area (Å²) in [5.74, 6) is 0.769. The third-order valence-corrected chi connectivity index (χ3v) is 11.9. The highest BCUT2D eigenvalue weighted by molar-refractivity contribution is 6.31. The largest absolute Gasteiger partial charge is 0.399 e. The third-order valence-electron chi connectivity index (χ3n) is 11.9. The summed E-state index contributed by atoms with van der Waals surface area (Å²) in [6, 6.07) is 58.9. The number of nitrogen functional groups attached to an aromatic ring is 2. The molecular weight excluding hydrogens is 769 g/mol. The summed E-state index contributed by atoms with van der Waals surface area (Å²) in [5, 5.41) is 15.3. The zero-order valence-electron chi connectivity index (χ0n) is 35.2. The Bertz CT molecular complexity index is 3190. The minimum atomic E-state index is -0.186. The van der Waals surface area contributed by atoms with E-state index in [1.165, 1.54) is 72.0 Å². The number of para-hydroxylation sites is 4. The first-order valence-electron chi connectivity index (χ1n) is 21.4. The molecule has 1 aliphatic heterocycles. The summed E-state index contributed by atoms with van der Waals surface area (Å²) in [6.07, 6.45) is 9.66. The number of nitrogens with zero attached hydrogens (tertiary/aromatic N) is 1. The van der Waals surface area contributed by atoms with Crippen LogP contribution in [0.1, 0.15) is 43.6 Å². The van der Waals surface area contributed by atoms with E-state index in [-0.39, 0.29) is 13.6 Å². The molecule has 8 N–H and O–H groups in total. The summed E-state index contributed by atoms with van der Waals surface area (Å²) in [5.41, 5.74) is 30.7. The molecule has 0 amide bonds. The number of aromatic nitrogens is 1. The maximum atomic E-state index is 6.51. The summed E-state index contributed by atoms with van der Waals surface area (Å²) in [6.45, 7) is 4.86. The van der Waals surface area contributed by atoms with Crippen molar-refractivity contribution >= 4 is 71.6 Å². The van der Waals surface area contributed by atoms with Crippen LogP contribution in [0.5, 0.6) is 0 Å². The van der Waals surface area contributed by atoms with Gasteiger partial charge in [0.15, 0.2) is 0 Å². The van der Waals surface area contributed by atoms with E-state index in [0.29, 0.717) is 6.54 Å². The predicted molar refractivity (Wildman–Crippen MR) is 274 cm³/mol. The Morgan fingerprint density at radius 1 is 0.603 bits per heavy atom. The Morgan fingerprint density at radius 3 is 1.97 bits per heavy atom. The molecule has 0 saturated heterocycles. The lowest BCUT2D eigenvalue weighted by Gasteiger charge is -2.23. The smallest absolute Gasteiger partial charge is 0.125 e. The van der Waals surface area contributed by atoms with Gasteiger partial charge in [0.2, 0.25) is 0 Å². The lowest BCUT2D eigenvalue weighted by atomic mass is 9.95. The van der Waals surface area contributed by atoms with E-state index in [9.17, 15) is 0 Å². The molecule has 1 aliphatic carbocycles. The normalized spacial score (nSPS) is 14.7. The number of nitrogens with one attached hydrogen (secondary N) is 2. The van der Waals surface area contributed by atoms with Gasteiger partial charge in [-0.2, -0.15) is 0 Å². The SMILES string of the molecule is C.CC1C=CC=CC1.Cc1ccccc1N.NCc1ccccc1.Nc1ccccc1C1Nc2ccccc2-c2cc3c4ccc5ccccc5c4n4c5ccccc5c(c2N1)c34. The molecule has 6 heteroatoms. The van der Waals surface area contributed by atoms with Crippen molar-refractivity contribution in [2.45, 2.75) is 40.4 Å². The maximum Gasteiger partial charge on any atom is 0.125 e. The van der Waals surface area contributed by atoms with Crippen LogP contribution in [-0.2, 0) is 6.54 Å². The summed E-state index contributed by atoms with van der Waals surface area (Å²) < 4.78 is 2.48. The quantitative estimate of drug-likeness (QED) is 0.112. The fourth-order valence-corrected chi connectivity index (χ4v) is 8.69. The molecule has 2 unspecified atom stereocenters. The number of allylic oxidation sites excluding steroid dienone is 4. The molecule has 2 atom stereocenters. The van der Waals surface area contributed by atoms with Gasteiger partial charge in [0.05, 0.1) is 22.2 Å². The second-order valence-electron chi connectivity index (χ2n) is 16.1. The van der Waals surface area contributed by atoms with Crippen LogP contribution in [0.3, 0.4) is 0 Å². The lowest BCUT2D eigenvalue weighted by Crippen LogP contribution is -2.20. The van der Waals surface area contributed by atoms with Crippen LogP contribution in [0.4, 0.5) is 22.7 Å². The number of anilines is 4. The minimum Gasteiger partial charge on any atom is -0.399 e. The van der Waals surface area contributed by atoms with Crippen LogP contribution in [0.2, 0.25) is 0 Å². The summed E-state index contributed by atoms with van der Waals surface area (Å²) in [4.78, 5) is 0. The molecule has 0 saturated carbocycles. The van der Waals surface area contributed by atoms with Crippen LogP contribution in [-0.4, -0.2) is 4.40 Å². The molecule has 6 nitrogen and oxygen atoms in total. The van der Waals surface area contributed by atoms with E-state index in [0.717, 1.165) is 39.8 Å². The van der Waals surface area contributed by atoms with Crippen molar-refractivity contribution in [3.63, 3.8) is 0 Å². The second kappa shape index (κ2) is 18.6. The summed E-state index contributed by atoms with van der Waals surface area (Å²) >= 11 is 0. The minimum absolute atomic E-state index is 0. The second-order valence-corrected chi connectivity index (χ2v) is 16.1. The van der Waals surface area contributed by atoms with Crippen LogP contribution in [0.25, 0.3) is 60.0 Å². The van der Waals surface area contributed by atoms with E-state index < -0.39 is 0 Å². The average Bonchev–Trinajstić information content (AvgIpc) is 3.78. The Labute approximate surface area is 370 Å². The molecular formula is C57H56N6. The lowest BCUT2D eigenvalue weighted by molar-refractivity contribution is 0.737. The number of nitrogens with two attached hydrogens (primary N) is 3. The number of rotatable bonds is 2. The molecule has 63 heavy (non-hydrogen) atoms. The van der Waals surface area contributed by atoms with Crippen molar-refractivity contribution in [3.05, 3.63) is 211 Å². The Kier molecular flexibility index (Phi) is 12.5. The number of hydrogen-bond donors (Lipinski definition) is 5. The van der Waals surface area contributed by atoms with E-state index in [1.807, 2.05) is 79.7 Å². The van der Waals surface area contributed by atoms with Crippen molar-refractivity contribution in [2.24, 2.45) is 11.7 Å². The summed E-state index contributed by atoms with van der Waals surface area (Å²) in [7, 11) is 0. The molecule has 3 heterocycles. The number of aryl methyl sites for hydroxylation is 1. The van der Waals surface area contributed by atoms with Gasteiger partial charge in [-0.3, -0.25) is 0 Å². The zero-order chi connectivity index (χ0) is 42.6. The highest BCUT2D eigenvalue weighted by Gasteiger charge is 2.29. The topological polar surface area (TPSA) is 107 Å². The average molecular weight is 825 g/mol. The van der Waals surface area contributed by atoms with E-state index >= 15 is 0 Å². The fourth-order valence-electron chi connectivity index (χ4n) is 8.69. The first-order chi connectivity index (χ1) is 30.4. The molecule has 12 rings (SSSR count). The zero-order valence-corrected chi connectivity index (χ0v) is 35.2. The molecule has 8 aromatic carbocycles. The van der Waals surface area contributed by atoms with Gasteiger partial charge in [0, 0.05) is 67.2 Å². The number of benzene rings is 8. The van der Waals surface area contributed by atoms with Crippen molar-refractivity contribution in [1.82, 2.24) is 4.40 Å². The first kappa shape index (κ1) is 42.2. The van der Waals surface area contributed by atoms with Gasteiger partial charge in [-0.25, -0.2) is 0 Å². The molecule has 314 valence electrons. The van der Waals surface area contributed by atoms with Crippen LogP contribution >= 0.6 is 0 Å². The molecule has 0 bridgehead atoms. The van der Waals surface area contributed by atoms with Crippen molar-refractivity contribution in [2.75, 3.05) is 22.1 Å². The highest BCUT2D eigenvalue weighted by atomic mass is 15.1. The van der Waals surface area contributed by atoms with Gasteiger partial charge < -0.3 is 32.2 Å².